The van der Waals surface area contributed by atoms with Gasteiger partial charge in [-0.05, 0) is 60.9 Å². The minimum atomic E-state index is -0.726. The summed E-state index contributed by atoms with van der Waals surface area (Å²) in [5, 5.41) is 10.1. The van der Waals surface area contributed by atoms with Crippen LogP contribution in [0.3, 0.4) is 0 Å². The molecule has 4 nitrogen and oxygen atoms in total. The van der Waals surface area contributed by atoms with Gasteiger partial charge in [0, 0.05) is 30.1 Å². The van der Waals surface area contributed by atoms with Gasteiger partial charge in [0.25, 0.3) is 0 Å². The van der Waals surface area contributed by atoms with E-state index >= 15 is 0 Å². The van der Waals surface area contributed by atoms with Crippen molar-refractivity contribution >= 4 is 17.6 Å². The van der Waals surface area contributed by atoms with Gasteiger partial charge in [0.2, 0.25) is 0 Å². The fourth-order valence-electron chi connectivity index (χ4n) is 4.33. The number of aliphatic carboxylic acids is 1. The Kier molecular flexibility index (Phi) is 6.12. The van der Waals surface area contributed by atoms with Gasteiger partial charge in [0.1, 0.15) is 5.75 Å². The van der Waals surface area contributed by atoms with Crippen molar-refractivity contribution in [1.82, 2.24) is 4.90 Å². The number of hydrogen-bond donors (Lipinski definition) is 1. The second-order valence-corrected chi connectivity index (χ2v) is 8.85. The summed E-state index contributed by atoms with van der Waals surface area (Å²) in [5.41, 5.74) is 2.26. The molecule has 0 bridgehead atoms. The van der Waals surface area contributed by atoms with Crippen molar-refractivity contribution in [2.45, 2.75) is 38.1 Å². The first-order valence-electron chi connectivity index (χ1n) is 10.4. The highest BCUT2D eigenvalue weighted by Gasteiger charge is 2.34. The average Bonchev–Trinajstić information content (AvgIpc) is 3.50. The van der Waals surface area contributed by atoms with Crippen LogP contribution in [0.4, 0.5) is 0 Å². The second kappa shape index (κ2) is 8.76. The van der Waals surface area contributed by atoms with Crippen molar-refractivity contribution in [1.29, 1.82) is 0 Å². The molecule has 2 atom stereocenters. The van der Waals surface area contributed by atoms with Crippen LogP contribution in [0.1, 0.15) is 49.3 Å². The number of nitrogens with zero attached hydrogens (tertiary/aromatic N) is 1. The number of carboxylic acids is 1. The molecule has 2 aliphatic rings. The Hall–Kier alpha value is -2.04. The molecule has 2 aromatic rings. The molecule has 4 rings (SSSR count). The molecule has 154 valence electrons. The van der Waals surface area contributed by atoms with E-state index in [1.165, 1.54) is 5.56 Å². The largest absolute Gasteiger partial charge is 0.493 e. The number of carboxylic acid groups (broad SMARTS) is 1. The summed E-state index contributed by atoms with van der Waals surface area (Å²) in [6.07, 6.45) is 2.46. The minimum absolute atomic E-state index is 0.103. The highest BCUT2D eigenvalue weighted by atomic mass is 35.5. The number of carbonyl (C=O) groups is 1. The number of halogens is 1. The Bertz CT molecular complexity index is 861. The first-order valence-corrected chi connectivity index (χ1v) is 10.8. The topological polar surface area (TPSA) is 49.8 Å². The first-order chi connectivity index (χ1) is 14.0. The van der Waals surface area contributed by atoms with E-state index in [1.807, 2.05) is 42.5 Å². The van der Waals surface area contributed by atoms with Crippen molar-refractivity contribution in [2.75, 3.05) is 19.7 Å². The van der Waals surface area contributed by atoms with E-state index in [-0.39, 0.29) is 12.3 Å². The molecule has 1 aliphatic carbocycles. The van der Waals surface area contributed by atoms with Gasteiger partial charge < -0.3 is 9.84 Å². The molecule has 0 amide bonds. The first kappa shape index (κ1) is 20.2. The van der Waals surface area contributed by atoms with Crippen LogP contribution in [0.5, 0.6) is 5.75 Å². The zero-order valence-electron chi connectivity index (χ0n) is 16.8. The molecule has 2 fully saturated rings. The van der Waals surface area contributed by atoms with Crippen molar-refractivity contribution < 1.29 is 14.6 Å². The summed E-state index contributed by atoms with van der Waals surface area (Å²) in [5.74, 6) is 1.23. The number of likely N-dealkylation sites (tertiary alicyclic amines) is 1. The van der Waals surface area contributed by atoms with Crippen LogP contribution in [-0.2, 0) is 4.79 Å². The van der Waals surface area contributed by atoms with Crippen LogP contribution in [0.25, 0.3) is 0 Å². The van der Waals surface area contributed by atoms with Gasteiger partial charge in [-0.15, -0.1) is 0 Å². The normalized spacial score (nSPS) is 19.4. The van der Waals surface area contributed by atoms with E-state index in [9.17, 15) is 9.90 Å². The zero-order valence-corrected chi connectivity index (χ0v) is 17.5. The standard InChI is InChI=1S/C24H28ClNO3/c1-16(21-7-2-3-8-23(21)25)26-13-17(14-26)15-29-20-6-4-5-19(11-20)22(12-24(27)28)18-9-10-18/h2-8,11,16-18,22H,9-10,12-15H2,1H3,(H,27,28). The predicted octanol–water partition coefficient (Wildman–Crippen LogP) is 5.38. The van der Waals surface area contributed by atoms with E-state index in [4.69, 9.17) is 16.3 Å². The fraction of sp³-hybridized carbons (Fsp3) is 0.458. The van der Waals surface area contributed by atoms with Crippen LogP contribution in [0.2, 0.25) is 5.02 Å². The number of ether oxygens (including phenoxy) is 1. The molecule has 1 saturated heterocycles. The summed E-state index contributed by atoms with van der Waals surface area (Å²) < 4.78 is 6.06. The van der Waals surface area contributed by atoms with Crippen LogP contribution < -0.4 is 4.74 Å². The van der Waals surface area contributed by atoms with Crippen LogP contribution in [0, 0.1) is 11.8 Å². The molecular formula is C24H28ClNO3. The Morgan fingerprint density at radius 1 is 1.21 bits per heavy atom. The van der Waals surface area contributed by atoms with Gasteiger partial charge in [0.05, 0.1) is 13.0 Å². The SMILES string of the molecule is CC(c1ccccc1Cl)N1CC(COc2cccc(C(CC(=O)O)C3CC3)c2)C1. The molecular weight excluding hydrogens is 386 g/mol. The highest BCUT2D eigenvalue weighted by molar-refractivity contribution is 6.31. The molecule has 2 aromatic carbocycles. The summed E-state index contributed by atoms with van der Waals surface area (Å²) in [7, 11) is 0. The Labute approximate surface area is 177 Å². The lowest BCUT2D eigenvalue weighted by atomic mass is 9.91. The zero-order chi connectivity index (χ0) is 20.4. The number of rotatable bonds is 9. The van der Waals surface area contributed by atoms with Crippen molar-refractivity contribution in [3.63, 3.8) is 0 Å². The molecule has 1 N–H and O–H groups in total. The average molecular weight is 414 g/mol. The maximum Gasteiger partial charge on any atom is 0.303 e. The molecule has 5 heteroatoms. The Morgan fingerprint density at radius 3 is 2.66 bits per heavy atom. The Morgan fingerprint density at radius 2 is 1.97 bits per heavy atom. The summed E-state index contributed by atoms with van der Waals surface area (Å²) in [6, 6.07) is 16.4. The van der Waals surface area contributed by atoms with Gasteiger partial charge in [-0.25, -0.2) is 0 Å². The van der Waals surface area contributed by atoms with Gasteiger partial charge in [-0.3, -0.25) is 9.69 Å². The molecule has 29 heavy (non-hydrogen) atoms. The van der Waals surface area contributed by atoms with E-state index in [0.29, 0.717) is 24.5 Å². The van der Waals surface area contributed by atoms with Gasteiger partial charge in [0.15, 0.2) is 0 Å². The summed E-state index contributed by atoms with van der Waals surface area (Å²) in [6.45, 7) is 4.87. The molecule has 0 aromatic heterocycles. The molecule has 2 unspecified atom stereocenters. The lowest BCUT2D eigenvalue weighted by molar-refractivity contribution is -0.137. The third kappa shape index (κ3) is 4.93. The Balaban J connectivity index is 1.29. The van der Waals surface area contributed by atoms with Crippen LogP contribution in [-0.4, -0.2) is 35.7 Å². The monoisotopic (exact) mass is 413 g/mol. The summed E-state index contributed by atoms with van der Waals surface area (Å²) >= 11 is 6.33. The molecule has 0 radical (unpaired) electrons. The lowest BCUT2D eigenvalue weighted by Gasteiger charge is -2.43. The van der Waals surface area contributed by atoms with Gasteiger partial charge in [-0.1, -0.05) is 41.9 Å². The maximum atomic E-state index is 11.2. The number of benzene rings is 2. The van der Waals surface area contributed by atoms with E-state index in [1.54, 1.807) is 0 Å². The van der Waals surface area contributed by atoms with E-state index < -0.39 is 5.97 Å². The van der Waals surface area contributed by atoms with Crippen LogP contribution in [0.15, 0.2) is 48.5 Å². The second-order valence-electron chi connectivity index (χ2n) is 8.44. The van der Waals surface area contributed by atoms with E-state index in [0.717, 1.165) is 42.3 Å². The molecule has 0 spiro atoms. The van der Waals surface area contributed by atoms with Crippen molar-refractivity contribution in [3.05, 3.63) is 64.7 Å². The van der Waals surface area contributed by atoms with Crippen LogP contribution >= 0.6 is 11.6 Å². The predicted molar refractivity (Wildman–Crippen MR) is 115 cm³/mol. The smallest absolute Gasteiger partial charge is 0.303 e. The number of hydrogen-bond acceptors (Lipinski definition) is 3. The third-order valence-electron chi connectivity index (χ3n) is 6.25. The van der Waals surface area contributed by atoms with Gasteiger partial charge in [-0.2, -0.15) is 0 Å². The molecule has 1 aliphatic heterocycles. The summed E-state index contributed by atoms with van der Waals surface area (Å²) in [4.78, 5) is 13.6. The third-order valence-corrected chi connectivity index (χ3v) is 6.59. The highest BCUT2D eigenvalue weighted by Crippen LogP contribution is 2.45. The molecule has 1 heterocycles. The fourth-order valence-corrected chi connectivity index (χ4v) is 4.63. The van der Waals surface area contributed by atoms with Crippen molar-refractivity contribution in [2.24, 2.45) is 11.8 Å². The van der Waals surface area contributed by atoms with E-state index in [2.05, 4.69) is 17.9 Å². The minimum Gasteiger partial charge on any atom is -0.493 e. The lowest BCUT2D eigenvalue weighted by Crippen LogP contribution is -2.50. The van der Waals surface area contributed by atoms with Crippen molar-refractivity contribution in [3.8, 4) is 5.75 Å². The maximum absolute atomic E-state index is 11.2. The van der Waals surface area contributed by atoms with Gasteiger partial charge >= 0.3 is 5.97 Å². The quantitative estimate of drug-likeness (QED) is 0.599. The molecule has 1 saturated carbocycles.